The molecule has 11 nitrogen and oxygen atoms in total. The average molecular weight is 533 g/mol. The normalized spacial score (nSPS) is 13.9. The molecule has 4 aromatic rings. The van der Waals surface area contributed by atoms with Gasteiger partial charge in [-0.3, -0.25) is 9.59 Å². The van der Waals surface area contributed by atoms with Gasteiger partial charge in [0.05, 0.1) is 22.0 Å². The number of aromatic nitrogens is 2. The number of carbonyl (C=O) groups excluding carboxylic acids is 2. The summed E-state index contributed by atoms with van der Waals surface area (Å²) in [5.74, 6) is 1.51. The first-order valence-corrected chi connectivity index (χ1v) is 11.8. The number of primary amides is 1. The third-order valence-corrected chi connectivity index (χ3v) is 6.70. The maximum absolute atomic E-state index is 13.1. The second kappa shape index (κ2) is 8.32. The van der Waals surface area contributed by atoms with Gasteiger partial charge in [-0.1, -0.05) is 11.6 Å². The van der Waals surface area contributed by atoms with Crippen LogP contribution in [0.25, 0.3) is 16.9 Å². The molecule has 3 N–H and O–H groups in total. The van der Waals surface area contributed by atoms with Gasteiger partial charge in [-0.25, -0.2) is 4.68 Å². The van der Waals surface area contributed by atoms with Gasteiger partial charge in [0.1, 0.15) is 12.4 Å². The average Bonchev–Trinajstić information content (AvgIpc) is 3.65. The number of hydrogen-bond acceptors (Lipinski definition) is 8. The van der Waals surface area contributed by atoms with Crippen LogP contribution in [0.15, 0.2) is 48.5 Å². The van der Waals surface area contributed by atoms with Gasteiger partial charge in [0.25, 0.3) is 11.8 Å². The van der Waals surface area contributed by atoms with Gasteiger partial charge in [-0.15, -0.1) is 0 Å². The minimum Gasteiger partial charge on any atom is -0.488 e. The molecule has 3 aliphatic rings. The van der Waals surface area contributed by atoms with Crippen LogP contribution in [-0.4, -0.2) is 35.2 Å². The van der Waals surface area contributed by atoms with Gasteiger partial charge in [0, 0.05) is 28.9 Å². The van der Waals surface area contributed by atoms with Crippen molar-refractivity contribution in [3.05, 3.63) is 70.4 Å². The fraction of sp³-hybridized carbons (Fsp3) is 0.115. The summed E-state index contributed by atoms with van der Waals surface area (Å²) in [5.41, 5.74) is 8.82. The first-order valence-electron chi connectivity index (χ1n) is 11.5. The van der Waals surface area contributed by atoms with E-state index < -0.39 is 11.8 Å². The van der Waals surface area contributed by atoms with Crippen molar-refractivity contribution in [2.24, 2.45) is 5.73 Å². The summed E-state index contributed by atoms with van der Waals surface area (Å²) in [7, 11) is 0. The molecule has 3 aromatic carbocycles. The Bertz CT molecular complexity index is 1680. The van der Waals surface area contributed by atoms with Crippen molar-refractivity contribution in [2.45, 2.75) is 6.61 Å². The topological polar surface area (TPSA) is 136 Å². The molecule has 0 aliphatic carbocycles. The molecule has 0 spiro atoms. The predicted octanol–water partition coefficient (Wildman–Crippen LogP) is 3.89. The molecule has 0 atom stereocenters. The quantitative estimate of drug-likeness (QED) is 0.404. The van der Waals surface area contributed by atoms with E-state index in [1.165, 1.54) is 6.07 Å². The molecule has 1 aromatic heterocycles. The van der Waals surface area contributed by atoms with E-state index in [1.54, 1.807) is 47.1 Å². The highest BCUT2D eigenvalue weighted by molar-refractivity contribution is 6.34. The number of halogens is 1. The van der Waals surface area contributed by atoms with E-state index in [4.69, 9.17) is 41.0 Å². The number of nitrogens with one attached hydrogen (secondary N) is 1. The van der Waals surface area contributed by atoms with Crippen molar-refractivity contribution in [1.82, 2.24) is 9.78 Å². The highest BCUT2D eigenvalue weighted by atomic mass is 35.5. The van der Waals surface area contributed by atoms with Crippen molar-refractivity contribution < 1.29 is 33.3 Å². The summed E-state index contributed by atoms with van der Waals surface area (Å²) >= 11 is 6.32. The van der Waals surface area contributed by atoms with Crippen LogP contribution in [0.4, 0.5) is 5.69 Å². The molecule has 0 unspecified atom stereocenters. The number of nitrogens with two attached hydrogens (primary N) is 1. The number of carbonyl (C=O) groups is 2. The van der Waals surface area contributed by atoms with Gasteiger partial charge >= 0.3 is 0 Å². The Morgan fingerprint density at radius 1 is 0.868 bits per heavy atom. The van der Waals surface area contributed by atoms with E-state index in [9.17, 15) is 9.59 Å². The minimum absolute atomic E-state index is 0.0637. The van der Waals surface area contributed by atoms with Crippen molar-refractivity contribution in [2.75, 3.05) is 18.9 Å². The van der Waals surface area contributed by atoms with Crippen molar-refractivity contribution in [3.8, 4) is 45.7 Å². The number of nitrogens with zero attached hydrogens (tertiary/aromatic N) is 2. The summed E-state index contributed by atoms with van der Waals surface area (Å²) in [6.07, 6.45) is 0. The highest BCUT2D eigenvalue weighted by Gasteiger charge is 2.30. The fourth-order valence-electron chi connectivity index (χ4n) is 4.62. The number of benzene rings is 3. The molecule has 3 aliphatic heterocycles. The molecule has 12 heteroatoms. The van der Waals surface area contributed by atoms with Crippen LogP contribution in [0.1, 0.15) is 26.4 Å². The van der Waals surface area contributed by atoms with Crippen LogP contribution in [0.5, 0.6) is 28.7 Å². The third-order valence-electron chi connectivity index (χ3n) is 6.39. The van der Waals surface area contributed by atoms with E-state index in [-0.39, 0.29) is 36.5 Å². The molecule has 0 saturated heterocycles. The van der Waals surface area contributed by atoms with E-state index in [1.807, 2.05) is 0 Å². The zero-order chi connectivity index (χ0) is 26.0. The van der Waals surface area contributed by atoms with Crippen molar-refractivity contribution in [3.63, 3.8) is 0 Å². The fourth-order valence-corrected chi connectivity index (χ4v) is 4.86. The van der Waals surface area contributed by atoms with Crippen molar-refractivity contribution in [1.29, 1.82) is 0 Å². The minimum atomic E-state index is -0.685. The third kappa shape index (κ3) is 3.47. The number of amides is 2. The van der Waals surface area contributed by atoms with Crippen LogP contribution in [0.3, 0.4) is 0 Å². The molecule has 0 fully saturated rings. The van der Waals surface area contributed by atoms with Gasteiger partial charge in [-0.05, 0) is 36.4 Å². The van der Waals surface area contributed by atoms with Gasteiger partial charge in [0.2, 0.25) is 13.6 Å². The zero-order valence-electron chi connectivity index (χ0n) is 19.4. The summed E-state index contributed by atoms with van der Waals surface area (Å²) in [5, 5.41) is 7.59. The first kappa shape index (κ1) is 22.3. The largest absolute Gasteiger partial charge is 0.488 e. The van der Waals surface area contributed by atoms with E-state index in [0.29, 0.717) is 56.9 Å². The lowest BCUT2D eigenvalue weighted by Crippen LogP contribution is -2.16. The van der Waals surface area contributed by atoms with Crippen molar-refractivity contribution >= 4 is 29.1 Å². The number of fused-ring (bicyclic) bond motifs is 5. The molecular weight excluding hydrogens is 516 g/mol. The zero-order valence-corrected chi connectivity index (χ0v) is 20.2. The Hall–Kier alpha value is -4.90. The summed E-state index contributed by atoms with van der Waals surface area (Å²) < 4.78 is 29.1. The maximum atomic E-state index is 13.1. The monoisotopic (exact) mass is 532 g/mol. The number of ether oxygens (including phenoxy) is 5. The summed E-state index contributed by atoms with van der Waals surface area (Å²) in [6, 6.07) is 13.6. The highest BCUT2D eigenvalue weighted by Crippen LogP contribution is 2.43. The summed E-state index contributed by atoms with van der Waals surface area (Å²) in [4.78, 5) is 25.4. The standard InChI is InChI=1S/C26H17ClN4O7/c27-17-8-22-21(37-11-38-22)7-14(17)26(33)29-12-1-3-18-15(5-12)24-16(9-34-18)23(25(28)32)30-31(24)13-2-4-19-20(6-13)36-10-35-19/h1-8H,9-11H2,(H2,28,32)(H,29,33). The lowest BCUT2D eigenvalue weighted by atomic mass is 10.0. The Labute approximate surface area is 219 Å². The molecule has 0 saturated carbocycles. The SMILES string of the molecule is NC(=O)c1nn(-c2ccc3c(c2)OCO3)c2c1COc1ccc(NC(=O)c3cc4c(cc3Cl)OCO4)cc1-2. The maximum Gasteiger partial charge on any atom is 0.269 e. The van der Waals surface area contributed by atoms with Gasteiger partial charge in [0.15, 0.2) is 28.7 Å². The summed E-state index contributed by atoms with van der Waals surface area (Å²) in [6.45, 7) is 0.285. The van der Waals surface area contributed by atoms with E-state index in [0.717, 1.165) is 0 Å². The lowest BCUT2D eigenvalue weighted by Gasteiger charge is -2.21. The van der Waals surface area contributed by atoms with E-state index in [2.05, 4.69) is 10.4 Å². The molecule has 7 rings (SSSR count). The van der Waals surface area contributed by atoms with Crippen LogP contribution in [-0.2, 0) is 6.61 Å². The van der Waals surface area contributed by atoms with Crippen LogP contribution in [0.2, 0.25) is 5.02 Å². The first-order chi connectivity index (χ1) is 18.5. The molecule has 2 amide bonds. The molecule has 0 radical (unpaired) electrons. The second-order valence-electron chi connectivity index (χ2n) is 8.63. The molecular formula is C26H17ClN4O7. The van der Waals surface area contributed by atoms with E-state index >= 15 is 0 Å². The van der Waals surface area contributed by atoms with Gasteiger partial charge in [-0.2, -0.15) is 5.10 Å². The van der Waals surface area contributed by atoms with Crippen LogP contribution >= 0.6 is 11.6 Å². The van der Waals surface area contributed by atoms with Crippen LogP contribution < -0.4 is 34.7 Å². The second-order valence-corrected chi connectivity index (χ2v) is 9.04. The Balaban J connectivity index is 1.30. The Morgan fingerprint density at radius 3 is 2.37 bits per heavy atom. The number of anilines is 1. The molecule has 38 heavy (non-hydrogen) atoms. The van der Waals surface area contributed by atoms with Crippen LogP contribution in [0, 0.1) is 0 Å². The number of hydrogen-bond donors (Lipinski definition) is 2. The molecule has 190 valence electrons. The Morgan fingerprint density at radius 2 is 1.58 bits per heavy atom. The Kier molecular flexibility index (Phi) is 4.88. The van der Waals surface area contributed by atoms with Gasteiger partial charge < -0.3 is 34.7 Å². The smallest absolute Gasteiger partial charge is 0.269 e. The predicted molar refractivity (Wildman–Crippen MR) is 134 cm³/mol. The molecule has 4 heterocycles. The number of rotatable bonds is 4. The lowest BCUT2D eigenvalue weighted by molar-refractivity contribution is 0.0990. The molecule has 0 bridgehead atoms.